The minimum Gasteiger partial charge on any atom is -0.497 e. The van der Waals surface area contributed by atoms with Gasteiger partial charge in [-0.25, -0.2) is 0 Å². The number of carbonyl (C=O) groups excluding carboxylic acids is 2. The van der Waals surface area contributed by atoms with Gasteiger partial charge in [0.1, 0.15) is 5.75 Å². The highest BCUT2D eigenvalue weighted by Crippen LogP contribution is 2.16. The summed E-state index contributed by atoms with van der Waals surface area (Å²) in [6.45, 7) is 4.56. The molecule has 2 amide bonds. The van der Waals surface area contributed by atoms with Gasteiger partial charge in [-0.3, -0.25) is 9.59 Å². The van der Waals surface area contributed by atoms with Crippen molar-refractivity contribution in [3.63, 3.8) is 0 Å². The van der Waals surface area contributed by atoms with E-state index in [0.717, 1.165) is 5.56 Å². The summed E-state index contributed by atoms with van der Waals surface area (Å²) in [4.78, 5) is 23.8. The highest BCUT2D eigenvalue weighted by Gasteiger charge is 2.13. The number of benzene rings is 2. The van der Waals surface area contributed by atoms with E-state index in [1.54, 1.807) is 24.3 Å². The number of rotatable bonds is 5. The molecule has 0 bridgehead atoms. The summed E-state index contributed by atoms with van der Waals surface area (Å²) in [5.41, 5.74) is 2.69. The van der Waals surface area contributed by atoms with Gasteiger partial charge >= 0.3 is 11.8 Å². The van der Waals surface area contributed by atoms with E-state index in [4.69, 9.17) is 4.74 Å². The topological polar surface area (TPSA) is 67.4 Å². The van der Waals surface area contributed by atoms with Crippen LogP contribution in [-0.2, 0) is 16.1 Å². The van der Waals surface area contributed by atoms with E-state index < -0.39 is 11.8 Å². The number of ether oxygens (including phenoxy) is 1. The van der Waals surface area contributed by atoms with Crippen molar-refractivity contribution in [1.29, 1.82) is 0 Å². The Morgan fingerprint density at radius 3 is 2.38 bits per heavy atom. The molecule has 0 spiro atoms. The van der Waals surface area contributed by atoms with Crippen molar-refractivity contribution in [3.05, 3.63) is 59.7 Å². The number of methoxy groups -OCH3 is 1. The van der Waals surface area contributed by atoms with Crippen LogP contribution in [0.3, 0.4) is 0 Å². The molecule has 0 atom stereocenters. The smallest absolute Gasteiger partial charge is 0.313 e. The summed E-state index contributed by atoms with van der Waals surface area (Å²) in [5, 5.41) is 5.16. The van der Waals surface area contributed by atoms with E-state index in [2.05, 4.69) is 24.5 Å². The van der Waals surface area contributed by atoms with E-state index in [1.165, 1.54) is 12.7 Å². The summed E-state index contributed by atoms with van der Waals surface area (Å²) in [6, 6.07) is 14.8. The average Bonchev–Trinajstić information content (AvgIpc) is 2.60. The largest absolute Gasteiger partial charge is 0.497 e. The summed E-state index contributed by atoms with van der Waals surface area (Å²) in [7, 11) is 1.54. The van der Waals surface area contributed by atoms with Crippen molar-refractivity contribution < 1.29 is 14.3 Å². The molecule has 2 aromatic carbocycles. The fraction of sp³-hybridized carbons (Fsp3) is 0.263. The molecule has 2 N–H and O–H groups in total. The zero-order valence-electron chi connectivity index (χ0n) is 14.1. The van der Waals surface area contributed by atoms with Crippen LogP contribution in [0.5, 0.6) is 5.75 Å². The molecule has 2 aromatic rings. The first kappa shape index (κ1) is 17.5. The van der Waals surface area contributed by atoms with Gasteiger partial charge < -0.3 is 15.4 Å². The zero-order chi connectivity index (χ0) is 17.5. The fourth-order valence-corrected chi connectivity index (χ4v) is 2.17. The van der Waals surface area contributed by atoms with Crippen LogP contribution in [0.25, 0.3) is 0 Å². The Morgan fingerprint density at radius 2 is 1.75 bits per heavy atom. The molecule has 0 saturated heterocycles. The maximum absolute atomic E-state index is 11.9. The second-order valence-corrected chi connectivity index (χ2v) is 5.77. The molecule has 0 aliphatic rings. The third kappa shape index (κ3) is 4.84. The molecule has 0 radical (unpaired) electrons. The summed E-state index contributed by atoms with van der Waals surface area (Å²) >= 11 is 0. The first-order valence-electron chi connectivity index (χ1n) is 7.81. The lowest BCUT2D eigenvalue weighted by molar-refractivity contribution is -0.136. The predicted molar refractivity (Wildman–Crippen MR) is 94.0 cm³/mol. The van der Waals surface area contributed by atoms with Crippen LogP contribution < -0.4 is 15.4 Å². The quantitative estimate of drug-likeness (QED) is 0.830. The van der Waals surface area contributed by atoms with E-state index in [9.17, 15) is 9.59 Å². The number of nitrogens with one attached hydrogen (secondary N) is 2. The molecule has 0 heterocycles. The molecule has 0 aromatic heterocycles. The van der Waals surface area contributed by atoms with Crippen molar-refractivity contribution in [2.45, 2.75) is 26.3 Å². The molecule has 0 aliphatic heterocycles. The minimum atomic E-state index is -0.706. The number of amides is 2. The van der Waals surface area contributed by atoms with Gasteiger partial charge in [0, 0.05) is 18.3 Å². The number of carbonyl (C=O) groups is 2. The van der Waals surface area contributed by atoms with Gasteiger partial charge in [0.25, 0.3) is 0 Å². The highest BCUT2D eigenvalue weighted by molar-refractivity contribution is 6.39. The van der Waals surface area contributed by atoms with E-state index >= 15 is 0 Å². The van der Waals surface area contributed by atoms with Crippen LogP contribution in [0.4, 0.5) is 5.69 Å². The van der Waals surface area contributed by atoms with E-state index in [-0.39, 0.29) is 0 Å². The van der Waals surface area contributed by atoms with Crippen LogP contribution in [-0.4, -0.2) is 18.9 Å². The van der Waals surface area contributed by atoms with Gasteiger partial charge in [-0.05, 0) is 29.2 Å². The Balaban J connectivity index is 1.88. The van der Waals surface area contributed by atoms with Gasteiger partial charge in [-0.2, -0.15) is 0 Å². The molecule has 126 valence electrons. The SMILES string of the molecule is COc1cccc(NC(=O)C(=O)NCc2ccc(C(C)C)cc2)c1. The molecule has 24 heavy (non-hydrogen) atoms. The van der Waals surface area contributed by atoms with Crippen LogP contribution in [0, 0.1) is 0 Å². The van der Waals surface area contributed by atoms with Crippen molar-refractivity contribution >= 4 is 17.5 Å². The lowest BCUT2D eigenvalue weighted by atomic mass is 10.0. The maximum atomic E-state index is 11.9. The summed E-state index contributed by atoms with van der Waals surface area (Å²) < 4.78 is 5.08. The molecule has 0 aliphatic carbocycles. The highest BCUT2D eigenvalue weighted by atomic mass is 16.5. The Bertz CT molecular complexity index is 709. The van der Waals surface area contributed by atoms with Crippen LogP contribution in [0.15, 0.2) is 48.5 Å². The molecular weight excluding hydrogens is 304 g/mol. The lowest BCUT2D eigenvalue weighted by Crippen LogP contribution is -2.34. The molecule has 0 fully saturated rings. The molecule has 5 heteroatoms. The lowest BCUT2D eigenvalue weighted by Gasteiger charge is -2.09. The Morgan fingerprint density at radius 1 is 1.04 bits per heavy atom. The van der Waals surface area contributed by atoms with Crippen molar-refractivity contribution in [2.75, 3.05) is 12.4 Å². The second-order valence-electron chi connectivity index (χ2n) is 5.77. The summed E-state index contributed by atoms with van der Waals surface area (Å²) in [5.74, 6) is -0.312. The second kappa shape index (κ2) is 8.15. The average molecular weight is 326 g/mol. The van der Waals surface area contributed by atoms with Gasteiger partial charge in [0.15, 0.2) is 0 Å². The van der Waals surface area contributed by atoms with Crippen LogP contribution >= 0.6 is 0 Å². The Labute approximate surface area is 142 Å². The summed E-state index contributed by atoms with van der Waals surface area (Å²) in [6.07, 6.45) is 0. The van der Waals surface area contributed by atoms with Gasteiger partial charge in [-0.1, -0.05) is 44.2 Å². The predicted octanol–water partition coefficient (Wildman–Crippen LogP) is 3.07. The van der Waals surface area contributed by atoms with E-state index in [0.29, 0.717) is 23.9 Å². The minimum absolute atomic E-state index is 0.308. The standard InChI is InChI=1S/C19H22N2O3/c1-13(2)15-9-7-14(8-10-15)12-20-18(22)19(23)21-16-5-4-6-17(11-16)24-3/h4-11,13H,12H2,1-3H3,(H,20,22)(H,21,23). The van der Waals surface area contributed by atoms with Crippen molar-refractivity contribution in [2.24, 2.45) is 0 Å². The first-order valence-corrected chi connectivity index (χ1v) is 7.81. The van der Waals surface area contributed by atoms with Crippen LogP contribution in [0.2, 0.25) is 0 Å². The van der Waals surface area contributed by atoms with Gasteiger partial charge in [0.2, 0.25) is 0 Å². The third-order valence-electron chi connectivity index (χ3n) is 3.63. The fourth-order valence-electron chi connectivity index (χ4n) is 2.17. The van der Waals surface area contributed by atoms with Crippen molar-refractivity contribution in [3.8, 4) is 5.75 Å². The normalized spacial score (nSPS) is 10.3. The molecular formula is C19H22N2O3. The zero-order valence-corrected chi connectivity index (χ0v) is 14.1. The third-order valence-corrected chi connectivity index (χ3v) is 3.63. The van der Waals surface area contributed by atoms with E-state index in [1.807, 2.05) is 24.3 Å². The monoisotopic (exact) mass is 326 g/mol. The van der Waals surface area contributed by atoms with Gasteiger partial charge in [-0.15, -0.1) is 0 Å². The van der Waals surface area contributed by atoms with Gasteiger partial charge in [0.05, 0.1) is 7.11 Å². The molecule has 5 nitrogen and oxygen atoms in total. The van der Waals surface area contributed by atoms with Crippen molar-refractivity contribution in [1.82, 2.24) is 5.32 Å². The maximum Gasteiger partial charge on any atom is 0.313 e. The Kier molecular flexibility index (Phi) is 5.95. The number of anilines is 1. The Hall–Kier alpha value is -2.82. The number of hydrogen-bond acceptors (Lipinski definition) is 3. The number of hydrogen-bond donors (Lipinski definition) is 2. The molecule has 2 rings (SSSR count). The first-order chi connectivity index (χ1) is 11.5. The van der Waals surface area contributed by atoms with Crippen LogP contribution in [0.1, 0.15) is 30.9 Å². The molecule has 0 saturated carbocycles. The molecule has 0 unspecified atom stereocenters.